The van der Waals surface area contributed by atoms with E-state index in [4.69, 9.17) is 9.26 Å². The Kier molecular flexibility index (Phi) is 5.14. The lowest BCUT2D eigenvalue weighted by Crippen LogP contribution is -1.98. The molecule has 2 aromatic heterocycles. The zero-order valence-corrected chi connectivity index (χ0v) is 15.5. The van der Waals surface area contributed by atoms with Crippen LogP contribution in [0.1, 0.15) is 33.8 Å². The van der Waals surface area contributed by atoms with Gasteiger partial charge in [0.2, 0.25) is 5.13 Å². The first kappa shape index (κ1) is 17.2. The largest absolute Gasteiger partial charge is 0.496 e. The number of nitrogens with one attached hydrogen (secondary N) is 1. The average Bonchev–Trinajstić information content (AvgIpc) is 3.15. The highest BCUT2D eigenvalue weighted by atomic mass is 32.1. The Bertz CT molecular complexity index is 879. The first-order valence-electron chi connectivity index (χ1n) is 7.86. The smallest absolute Gasteiger partial charge is 0.203 e. The molecule has 25 heavy (non-hydrogen) atoms. The number of aromatic nitrogens is 2. The van der Waals surface area contributed by atoms with Gasteiger partial charge in [0.1, 0.15) is 11.5 Å². The Morgan fingerprint density at radius 2 is 2.16 bits per heavy atom. The van der Waals surface area contributed by atoms with Crippen LogP contribution < -0.4 is 10.2 Å². The van der Waals surface area contributed by atoms with Crippen molar-refractivity contribution < 1.29 is 9.26 Å². The number of ether oxygens (including phenoxy) is 1. The number of anilines is 1. The van der Waals surface area contributed by atoms with Crippen molar-refractivity contribution in [3.05, 3.63) is 57.4 Å². The Balaban J connectivity index is 1.79. The third kappa shape index (κ3) is 4.06. The first-order chi connectivity index (χ1) is 12.1. The number of thiazole rings is 1. The van der Waals surface area contributed by atoms with Gasteiger partial charge in [-0.2, -0.15) is 5.10 Å². The molecule has 0 bridgehead atoms. The van der Waals surface area contributed by atoms with Gasteiger partial charge in [-0.15, -0.1) is 11.3 Å². The molecule has 7 heteroatoms. The maximum absolute atomic E-state index is 5.49. The standard InChI is InChI=1S/C18H20N4O2S/c1-11-10-25-18(20-11)21-19-9-14-5-6-17(23-4)15(7-14)8-16-12(2)22-24-13(16)3/h5-7,9-10H,8H2,1-4H3,(H,20,21). The van der Waals surface area contributed by atoms with E-state index in [1.807, 2.05) is 38.3 Å². The van der Waals surface area contributed by atoms with E-state index in [2.05, 4.69) is 26.7 Å². The number of hydrazone groups is 1. The quantitative estimate of drug-likeness (QED) is 0.532. The van der Waals surface area contributed by atoms with Crippen LogP contribution in [-0.2, 0) is 6.42 Å². The Labute approximate surface area is 150 Å². The van der Waals surface area contributed by atoms with E-state index in [-0.39, 0.29) is 0 Å². The molecular weight excluding hydrogens is 336 g/mol. The normalized spacial score (nSPS) is 11.2. The molecule has 6 nitrogen and oxygen atoms in total. The van der Waals surface area contributed by atoms with E-state index in [0.717, 1.165) is 44.7 Å². The molecule has 3 aromatic rings. The molecule has 1 N–H and O–H groups in total. The number of nitrogens with zero attached hydrogens (tertiary/aromatic N) is 3. The fourth-order valence-corrected chi connectivity index (χ4v) is 3.17. The van der Waals surface area contributed by atoms with Crippen molar-refractivity contribution in [3.63, 3.8) is 0 Å². The van der Waals surface area contributed by atoms with Gasteiger partial charge in [0, 0.05) is 17.4 Å². The molecule has 0 aliphatic rings. The van der Waals surface area contributed by atoms with Crippen LogP contribution in [0.2, 0.25) is 0 Å². The summed E-state index contributed by atoms with van der Waals surface area (Å²) in [4.78, 5) is 4.31. The molecule has 2 heterocycles. The summed E-state index contributed by atoms with van der Waals surface area (Å²) in [5, 5.41) is 11.0. The van der Waals surface area contributed by atoms with Crippen LogP contribution in [0, 0.1) is 20.8 Å². The van der Waals surface area contributed by atoms with Crippen molar-refractivity contribution in [2.45, 2.75) is 27.2 Å². The maximum atomic E-state index is 5.49. The van der Waals surface area contributed by atoms with E-state index in [9.17, 15) is 0 Å². The van der Waals surface area contributed by atoms with Gasteiger partial charge in [-0.05, 0) is 50.1 Å². The second-order valence-electron chi connectivity index (χ2n) is 5.71. The lowest BCUT2D eigenvalue weighted by Gasteiger charge is -2.09. The summed E-state index contributed by atoms with van der Waals surface area (Å²) < 4.78 is 10.7. The minimum Gasteiger partial charge on any atom is -0.496 e. The molecule has 130 valence electrons. The van der Waals surface area contributed by atoms with E-state index >= 15 is 0 Å². The Morgan fingerprint density at radius 1 is 1.32 bits per heavy atom. The number of aryl methyl sites for hydroxylation is 3. The molecule has 0 unspecified atom stereocenters. The van der Waals surface area contributed by atoms with Crippen LogP contribution in [0.5, 0.6) is 5.75 Å². The fourth-order valence-electron chi connectivity index (χ4n) is 2.53. The molecule has 0 saturated carbocycles. The molecule has 0 spiro atoms. The van der Waals surface area contributed by atoms with Gasteiger partial charge >= 0.3 is 0 Å². The fraction of sp³-hybridized carbons (Fsp3) is 0.278. The van der Waals surface area contributed by atoms with E-state index in [1.165, 1.54) is 11.3 Å². The zero-order valence-electron chi connectivity index (χ0n) is 14.7. The average molecular weight is 356 g/mol. The Hall–Kier alpha value is -2.67. The van der Waals surface area contributed by atoms with E-state index < -0.39 is 0 Å². The number of methoxy groups -OCH3 is 1. The minimum atomic E-state index is 0.700. The summed E-state index contributed by atoms with van der Waals surface area (Å²) in [5.41, 5.74) is 7.95. The van der Waals surface area contributed by atoms with Crippen LogP contribution in [-0.4, -0.2) is 23.5 Å². The number of rotatable bonds is 6. The molecule has 1 aromatic carbocycles. The number of hydrogen-bond acceptors (Lipinski definition) is 7. The van der Waals surface area contributed by atoms with Gasteiger partial charge in [0.05, 0.1) is 24.7 Å². The molecule has 0 aliphatic carbocycles. The SMILES string of the molecule is COc1ccc(C=NNc2nc(C)cs2)cc1Cc1c(C)noc1C. The van der Waals surface area contributed by atoms with E-state index in [0.29, 0.717) is 6.42 Å². The molecule has 0 aliphatic heterocycles. The summed E-state index contributed by atoms with van der Waals surface area (Å²) in [6.45, 7) is 5.83. The summed E-state index contributed by atoms with van der Waals surface area (Å²) in [7, 11) is 1.67. The summed E-state index contributed by atoms with van der Waals surface area (Å²) in [5.74, 6) is 1.67. The highest BCUT2D eigenvalue weighted by molar-refractivity contribution is 7.13. The number of hydrogen-bond donors (Lipinski definition) is 1. The first-order valence-corrected chi connectivity index (χ1v) is 8.74. The highest BCUT2D eigenvalue weighted by Crippen LogP contribution is 2.25. The lowest BCUT2D eigenvalue weighted by atomic mass is 10.0. The van der Waals surface area contributed by atoms with Crippen LogP contribution in [0.3, 0.4) is 0 Å². The minimum absolute atomic E-state index is 0.700. The third-order valence-electron chi connectivity index (χ3n) is 3.85. The Morgan fingerprint density at radius 3 is 2.80 bits per heavy atom. The second kappa shape index (κ2) is 7.48. The van der Waals surface area contributed by atoms with Gasteiger partial charge < -0.3 is 9.26 Å². The third-order valence-corrected chi connectivity index (χ3v) is 4.71. The van der Waals surface area contributed by atoms with Crippen molar-refractivity contribution in [1.29, 1.82) is 0 Å². The van der Waals surface area contributed by atoms with Gasteiger partial charge in [-0.25, -0.2) is 4.98 Å². The molecule has 3 rings (SSSR count). The lowest BCUT2D eigenvalue weighted by molar-refractivity contribution is 0.392. The van der Waals surface area contributed by atoms with Crippen LogP contribution >= 0.6 is 11.3 Å². The molecule has 0 radical (unpaired) electrons. The summed E-state index contributed by atoms with van der Waals surface area (Å²) in [6.07, 6.45) is 2.47. The van der Waals surface area contributed by atoms with Gasteiger partial charge in [-0.3, -0.25) is 5.43 Å². The van der Waals surface area contributed by atoms with Gasteiger partial charge in [-0.1, -0.05) is 5.16 Å². The molecule has 0 amide bonds. The van der Waals surface area contributed by atoms with Crippen molar-refractivity contribution in [2.24, 2.45) is 5.10 Å². The van der Waals surface area contributed by atoms with Crippen molar-refractivity contribution in [2.75, 3.05) is 12.5 Å². The van der Waals surface area contributed by atoms with Crippen molar-refractivity contribution in [1.82, 2.24) is 10.1 Å². The monoisotopic (exact) mass is 356 g/mol. The topological polar surface area (TPSA) is 72.5 Å². The van der Waals surface area contributed by atoms with Crippen molar-refractivity contribution in [3.8, 4) is 5.75 Å². The molecular formula is C18H20N4O2S. The van der Waals surface area contributed by atoms with E-state index in [1.54, 1.807) is 13.3 Å². The van der Waals surface area contributed by atoms with Crippen LogP contribution in [0.4, 0.5) is 5.13 Å². The maximum Gasteiger partial charge on any atom is 0.203 e. The van der Waals surface area contributed by atoms with Crippen molar-refractivity contribution >= 4 is 22.7 Å². The predicted molar refractivity (Wildman–Crippen MR) is 99.8 cm³/mol. The van der Waals surface area contributed by atoms with Gasteiger partial charge in [0.15, 0.2) is 0 Å². The molecule has 0 saturated heterocycles. The predicted octanol–water partition coefficient (Wildman–Crippen LogP) is 4.10. The summed E-state index contributed by atoms with van der Waals surface area (Å²) in [6, 6.07) is 5.97. The number of benzene rings is 1. The van der Waals surface area contributed by atoms with Gasteiger partial charge in [0.25, 0.3) is 0 Å². The highest BCUT2D eigenvalue weighted by Gasteiger charge is 2.13. The molecule has 0 atom stereocenters. The second-order valence-corrected chi connectivity index (χ2v) is 6.57. The summed E-state index contributed by atoms with van der Waals surface area (Å²) >= 11 is 1.53. The zero-order chi connectivity index (χ0) is 17.8. The van der Waals surface area contributed by atoms with Crippen LogP contribution in [0.25, 0.3) is 0 Å². The molecule has 0 fully saturated rings. The van der Waals surface area contributed by atoms with Crippen LogP contribution in [0.15, 0.2) is 33.2 Å².